The van der Waals surface area contributed by atoms with Gasteiger partial charge in [0.25, 0.3) is 0 Å². The molecule has 18 heavy (non-hydrogen) atoms. The molecule has 1 aromatic rings. The largest absolute Gasteiger partial charge is 0.361 e. The second-order valence-electron chi connectivity index (χ2n) is 5.65. The van der Waals surface area contributed by atoms with Gasteiger partial charge in [-0.15, -0.1) is 0 Å². The number of carbonyl (C=O) groups is 1. The SMILES string of the molecule is CC(C)C(=O)N1CCCC1c1cc(C(C)C)on1. The highest BCUT2D eigenvalue weighted by Gasteiger charge is 2.33. The molecule has 0 radical (unpaired) electrons. The molecular formula is C14H22N2O2. The highest BCUT2D eigenvalue weighted by Crippen LogP contribution is 2.33. The maximum atomic E-state index is 12.1. The van der Waals surface area contributed by atoms with Crippen LogP contribution in [0.1, 0.15) is 64.0 Å². The van der Waals surface area contributed by atoms with Crippen LogP contribution in [0.2, 0.25) is 0 Å². The molecule has 0 N–H and O–H groups in total. The normalized spacial score (nSPS) is 20.1. The van der Waals surface area contributed by atoms with E-state index in [-0.39, 0.29) is 17.9 Å². The standard InChI is InChI=1S/C14H22N2O2/c1-9(2)13-8-11(15-18-13)12-6-5-7-16(12)14(17)10(3)4/h8-10,12H,5-7H2,1-4H3. The molecule has 1 amide bonds. The number of nitrogens with zero attached hydrogens (tertiary/aromatic N) is 2. The molecule has 1 atom stereocenters. The van der Waals surface area contributed by atoms with Crippen molar-refractivity contribution < 1.29 is 9.32 Å². The van der Waals surface area contributed by atoms with Crippen molar-refractivity contribution in [1.29, 1.82) is 0 Å². The third-order valence-corrected chi connectivity index (χ3v) is 3.49. The Hall–Kier alpha value is -1.32. The maximum absolute atomic E-state index is 12.1. The van der Waals surface area contributed by atoms with Gasteiger partial charge < -0.3 is 9.42 Å². The first kappa shape index (κ1) is 13.1. The van der Waals surface area contributed by atoms with Gasteiger partial charge in [-0.2, -0.15) is 0 Å². The molecule has 1 aliphatic heterocycles. The predicted octanol–water partition coefficient (Wildman–Crippen LogP) is 3.12. The zero-order chi connectivity index (χ0) is 13.3. The van der Waals surface area contributed by atoms with Gasteiger partial charge in [0.1, 0.15) is 11.5 Å². The van der Waals surface area contributed by atoms with Crippen molar-refractivity contribution >= 4 is 5.91 Å². The second-order valence-corrected chi connectivity index (χ2v) is 5.65. The zero-order valence-corrected chi connectivity index (χ0v) is 11.6. The first-order valence-corrected chi connectivity index (χ1v) is 6.77. The first-order valence-electron chi connectivity index (χ1n) is 6.77. The smallest absolute Gasteiger partial charge is 0.225 e. The van der Waals surface area contributed by atoms with Crippen LogP contribution in [0, 0.1) is 5.92 Å². The third kappa shape index (κ3) is 2.42. The van der Waals surface area contributed by atoms with Gasteiger partial charge in [-0.3, -0.25) is 4.79 Å². The van der Waals surface area contributed by atoms with Crippen molar-refractivity contribution in [3.63, 3.8) is 0 Å². The Morgan fingerprint density at radius 3 is 2.72 bits per heavy atom. The molecular weight excluding hydrogens is 228 g/mol. The molecule has 1 unspecified atom stereocenters. The molecule has 2 heterocycles. The van der Waals surface area contributed by atoms with E-state index >= 15 is 0 Å². The van der Waals surface area contributed by atoms with Gasteiger partial charge in [0.15, 0.2) is 0 Å². The number of hydrogen-bond acceptors (Lipinski definition) is 3. The summed E-state index contributed by atoms with van der Waals surface area (Å²) in [5.41, 5.74) is 0.908. The Morgan fingerprint density at radius 1 is 1.44 bits per heavy atom. The summed E-state index contributed by atoms with van der Waals surface area (Å²) >= 11 is 0. The molecule has 0 saturated carbocycles. The molecule has 1 aliphatic rings. The van der Waals surface area contributed by atoms with E-state index in [1.165, 1.54) is 0 Å². The average Bonchev–Trinajstić information content (AvgIpc) is 2.96. The molecule has 4 heteroatoms. The van der Waals surface area contributed by atoms with Crippen molar-refractivity contribution in [2.24, 2.45) is 5.92 Å². The molecule has 1 fully saturated rings. The van der Waals surface area contributed by atoms with Crippen LogP contribution >= 0.6 is 0 Å². The summed E-state index contributed by atoms with van der Waals surface area (Å²) in [5.74, 6) is 1.49. The van der Waals surface area contributed by atoms with Gasteiger partial charge in [-0.1, -0.05) is 32.9 Å². The van der Waals surface area contributed by atoms with Crippen LogP contribution in [-0.4, -0.2) is 22.5 Å². The van der Waals surface area contributed by atoms with E-state index in [0.29, 0.717) is 5.92 Å². The van der Waals surface area contributed by atoms with Gasteiger partial charge in [0.05, 0.1) is 6.04 Å². The Kier molecular flexibility index (Phi) is 3.73. The molecule has 0 aromatic carbocycles. The fourth-order valence-corrected chi connectivity index (χ4v) is 2.40. The van der Waals surface area contributed by atoms with Gasteiger partial charge >= 0.3 is 0 Å². The van der Waals surface area contributed by atoms with Crippen molar-refractivity contribution in [3.05, 3.63) is 17.5 Å². The molecule has 100 valence electrons. The van der Waals surface area contributed by atoms with Gasteiger partial charge in [0, 0.05) is 24.4 Å². The Balaban J connectivity index is 2.18. The van der Waals surface area contributed by atoms with E-state index in [4.69, 9.17) is 4.52 Å². The van der Waals surface area contributed by atoms with Gasteiger partial charge in [-0.25, -0.2) is 0 Å². The van der Waals surface area contributed by atoms with Crippen LogP contribution in [-0.2, 0) is 4.79 Å². The van der Waals surface area contributed by atoms with Crippen LogP contribution in [0.5, 0.6) is 0 Å². The molecule has 2 rings (SSSR count). The molecule has 4 nitrogen and oxygen atoms in total. The molecule has 1 aromatic heterocycles. The minimum atomic E-state index is 0.0436. The number of hydrogen-bond donors (Lipinski definition) is 0. The van der Waals surface area contributed by atoms with Crippen LogP contribution in [0.15, 0.2) is 10.6 Å². The zero-order valence-electron chi connectivity index (χ0n) is 11.6. The highest BCUT2D eigenvalue weighted by atomic mass is 16.5. The summed E-state index contributed by atoms with van der Waals surface area (Å²) in [6.07, 6.45) is 2.04. The minimum Gasteiger partial charge on any atom is -0.361 e. The Labute approximate surface area is 108 Å². The summed E-state index contributed by atoms with van der Waals surface area (Å²) in [6.45, 7) is 8.89. The van der Waals surface area contributed by atoms with Crippen molar-refractivity contribution in [1.82, 2.24) is 10.1 Å². The lowest BCUT2D eigenvalue weighted by atomic mass is 10.1. The van der Waals surface area contributed by atoms with Crippen molar-refractivity contribution in [2.75, 3.05) is 6.54 Å². The van der Waals surface area contributed by atoms with Gasteiger partial charge in [0.2, 0.25) is 5.91 Å². The second kappa shape index (κ2) is 5.12. The van der Waals surface area contributed by atoms with Crippen LogP contribution in [0.4, 0.5) is 0 Å². The first-order chi connectivity index (χ1) is 8.50. The quantitative estimate of drug-likeness (QED) is 0.828. The molecule has 0 spiro atoms. The monoisotopic (exact) mass is 250 g/mol. The fourth-order valence-electron chi connectivity index (χ4n) is 2.40. The lowest BCUT2D eigenvalue weighted by molar-refractivity contribution is -0.135. The molecule has 0 bridgehead atoms. The summed E-state index contributed by atoms with van der Waals surface area (Å²) in [5, 5.41) is 4.14. The number of aromatic nitrogens is 1. The summed E-state index contributed by atoms with van der Waals surface area (Å²) in [4.78, 5) is 14.1. The summed E-state index contributed by atoms with van der Waals surface area (Å²) in [7, 11) is 0. The average molecular weight is 250 g/mol. The van der Waals surface area contributed by atoms with E-state index < -0.39 is 0 Å². The molecule has 0 aliphatic carbocycles. The Bertz CT molecular complexity index is 423. The van der Waals surface area contributed by atoms with E-state index in [1.54, 1.807) is 0 Å². The van der Waals surface area contributed by atoms with Crippen LogP contribution in [0.3, 0.4) is 0 Å². The predicted molar refractivity (Wildman–Crippen MR) is 69.1 cm³/mol. The lowest BCUT2D eigenvalue weighted by Crippen LogP contribution is -2.33. The number of amides is 1. The van der Waals surface area contributed by atoms with Crippen molar-refractivity contribution in [3.8, 4) is 0 Å². The fraction of sp³-hybridized carbons (Fsp3) is 0.714. The topological polar surface area (TPSA) is 46.3 Å². The molecule has 1 saturated heterocycles. The van der Waals surface area contributed by atoms with E-state index in [1.807, 2.05) is 24.8 Å². The minimum absolute atomic E-state index is 0.0436. The van der Waals surface area contributed by atoms with E-state index in [9.17, 15) is 4.79 Å². The summed E-state index contributed by atoms with van der Waals surface area (Å²) < 4.78 is 5.34. The van der Waals surface area contributed by atoms with E-state index in [0.717, 1.165) is 30.8 Å². The number of carbonyl (C=O) groups excluding carboxylic acids is 1. The maximum Gasteiger partial charge on any atom is 0.225 e. The van der Waals surface area contributed by atoms with Crippen LogP contribution in [0.25, 0.3) is 0 Å². The van der Waals surface area contributed by atoms with E-state index in [2.05, 4.69) is 19.0 Å². The summed E-state index contributed by atoms with van der Waals surface area (Å²) in [6, 6.07) is 2.11. The highest BCUT2D eigenvalue weighted by molar-refractivity contribution is 5.78. The number of rotatable bonds is 3. The third-order valence-electron chi connectivity index (χ3n) is 3.49. The number of likely N-dealkylation sites (tertiary alicyclic amines) is 1. The van der Waals surface area contributed by atoms with Crippen molar-refractivity contribution in [2.45, 2.75) is 52.5 Å². The lowest BCUT2D eigenvalue weighted by Gasteiger charge is -2.24. The van der Waals surface area contributed by atoms with Crippen LogP contribution < -0.4 is 0 Å². The Morgan fingerprint density at radius 2 is 2.17 bits per heavy atom. The van der Waals surface area contributed by atoms with Gasteiger partial charge in [-0.05, 0) is 12.8 Å².